The SMILES string of the molecule is c1ccc(-c2ccc(-c3nc(-c4ccccc4)nc(-c4ccc5c(c4)oc4cc(-c6ccccc6-c6ccc7c8ccccc8n(-c8ccccc8)c7c6)ccc45)n3)cc2)cc1. The van der Waals surface area contributed by atoms with Gasteiger partial charge in [0.2, 0.25) is 0 Å². The maximum Gasteiger partial charge on any atom is 0.164 e. The Hall–Kier alpha value is -8.41. The molecular weight excluding hydrogens is 757 g/mol. The predicted molar refractivity (Wildman–Crippen MR) is 254 cm³/mol. The molecule has 0 unspecified atom stereocenters. The topological polar surface area (TPSA) is 56.7 Å². The summed E-state index contributed by atoms with van der Waals surface area (Å²) >= 11 is 0. The zero-order valence-electron chi connectivity index (χ0n) is 33.5. The van der Waals surface area contributed by atoms with Crippen LogP contribution in [0.25, 0.3) is 117 Å². The van der Waals surface area contributed by atoms with Crippen LogP contribution in [0.2, 0.25) is 0 Å². The van der Waals surface area contributed by atoms with Crippen LogP contribution in [0.5, 0.6) is 0 Å². The van der Waals surface area contributed by atoms with E-state index < -0.39 is 0 Å². The van der Waals surface area contributed by atoms with Gasteiger partial charge in [0, 0.05) is 43.9 Å². The molecule has 5 heteroatoms. The minimum absolute atomic E-state index is 0.584. The summed E-state index contributed by atoms with van der Waals surface area (Å²) < 4.78 is 9.06. The summed E-state index contributed by atoms with van der Waals surface area (Å²) in [5, 5.41) is 4.57. The Morgan fingerprint density at radius 1 is 0.290 bits per heavy atom. The first-order chi connectivity index (χ1) is 30.7. The molecule has 62 heavy (non-hydrogen) atoms. The molecule has 12 rings (SSSR count). The fourth-order valence-corrected chi connectivity index (χ4v) is 8.86. The molecule has 0 fully saturated rings. The molecule has 0 amide bonds. The Labute approximate surface area is 357 Å². The largest absolute Gasteiger partial charge is 0.456 e. The minimum atomic E-state index is 0.584. The van der Waals surface area contributed by atoms with Crippen molar-refractivity contribution in [3.63, 3.8) is 0 Å². The Morgan fingerprint density at radius 3 is 1.37 bits per heavy atom. The summed E-state index contributed by atoms with van der Waals surface area (Å²) in [7, 11) is 0. The molecule has 0 aliphatic heterocycles. The molecule has 0 N–H and O–H groups in total. The Morgan fingerprint density at radius 2 is 0.710 bits per heavy atom. The molecule has 0 atom stereocenters. The lowest BCUT2D eigenvalue weighted by Crippen LogP contribution is -2.00. The molecular formula is C57H36N4O. The maximum atomic E-state index is 6.69. The van der Waals surface area contributed by atoms with Crippen molar-refractivity contribution in [3.8, 4) is 73.2 Å². The monoisotopic (exact) mass is 792 g/mol. The van der Waals surface area contributed by atoms with E-state index in [1.807, 2.05) is 36.4 Å². The van der Waals surface area contributed by atoms with Gasteiger partial charge in [0.05, 0.1) is 11.0 Å². The fourth-order valence-electron chi connectivity index (χ4n) is 8.86. The molecule has 3 heterocycles. The molecule has 9 aromatic carbocycles. The molecule has 0 saturated heterocycles. The van der Waals surface area contributed by atoms with E-state index in [0.717, 1.165) is 77.7 Å². The molecule has 12 aromatic rings. The van der Waals surface area contributed by atoms with Crippen molar-refractivity contribution in [1.82, 2.24) is 19.5 Å². The van der Waals surface area contributed by atoms with Gasteiger partial charge in [-0.1, -0.05) is 170 Å². The number of furan rings is 1. The third-order valence-corrected chi connectivity index (χ3v) is 11.9. The molecule has 5 nitrogen and oxygen atoms in total. The second-order valence-corrected chi connectivity index (χ2v) is 15.6. The third kappa shape index (κ3) is 6.14. The molecule has 0 radical (unpaired) electrons. The molecule has 290 valence electrons. The lowest BCUT2D eigenvalue weighted by molar-refractivity contribution is 0.669. The number of rotatable bonds is 7. The normalized spacial score (nSPS) is 11.5. The van der Waals surface area contributed by atoms with Gasteiger partial charge < -0.3 is 8.98 Å². The van der Waals surface area contributed by atoms with Crippen LogP contribution in [0.3, 0.4) is 0 Å². The van der Waals surface area contributed by atoms with Gasteiger partial charge in [-0.05, 0) is 81.9 Å². The minimum Gasteiger partial charge on any atom is -0.456 e. The summed E-state index contributed by atoms with van der Waals surface area (Å²) in [5.41, 5.74) is 14.6. The molecule has 0 aliphatic carbocycles. The lowest BCUT2D eigenvalue weighted by Gasteiger charge is -2.12. The van der Waals surface area contributed by atoms with Crippen LogP contribution in [-0.4, -0.2) is 19.5 Å². The number of hydrogen-bond acceptors (Lipinski definition) is 4. The van der Waals surface area contributed by atoms with Crippen molar-refractivity contribution in [3.05, 3.63) is 218 Å². The van der Waals surface area contributed by atoms with E-state index in [0.29, 0.717) is 17.5 Å². The van der Waals surface area contributed by atoms with Crippen LogP contribution in [0.4, 0.5) is 0 Å². The highest BCUT2D eigenvalue weighted by Gasteiger charge is 2.18. The number of fused-ring (bicyclic) bond motifs is 6. The van der Waals surface area contributed by atoms with E-state index >= 15 is 0 Å². The van der Waals surface area contributed by atoms with Gasteiger partial charge in [-0.3, -0.25) is 0 Å². The highest BCUT2D eigenvalue weighted by atomic mass is 16.3. The number of para-hydroxylation sites is 2. The average molecular weight is 793 g/mol. The molecule has 3 aromatic heterocycles. The van der Waals surface area contributed by atoms with Crippen molar-refractivity contribution in [2.24, 2.45) is 0 Å². The van der Waals surface area contributed by atoms with Crippen LogP contribution in [0, 0.1) is 0 Å². The van der Waals surface area contributed by atoms with Crippen LogP contribution in [0.15, 0.2) is 223 Å². The van der Waals surface area contributed by atoms with Crippen molar-refractivity contribution < 1.29 is 4.42 Å². The van der Waals surface area contributed by atoms with E-state index in [1.54, 1.807) is 0 Å². The number of hydrogen-bond donors (Lipinski definition) is 0. The number of nitrogens with zero attached hydrogens (tertiary/aromatic N) is 4. The van der Waals surface area contributed by atoms with Crippen LogP contribution in [0.1, 0.15) is 0 Å². The fraction of sp³-hybridized carbons (Fsp3) is 0. The van der Waals surface area contributed by atoms with Gasteiger partial charge in [-0.25, -0.2) is 15.0 Å². The first kappa shape index (κ1) is 35.5. The zero-order valence-corrected chi connectivity index (χ0v) is 33.5. The van der Waals surface area contributed by atoms with Crippen molar-refractivity contribution in [2.75, 3.05) is 0 Å². The lowest BCUT2D eigenvalue weighted by atomic mass is 9.93. The van der Waals surface area contributed by atoms with E-state index in [-0.39, 0.29) is 0 Å². The number of aromatic nitrogens is 4. The smallest absolute Gasteiger partial charge is 0.164 e. The van der Waals surface area contributed by atoms with Gasteiger partial charge >= 0.3 is 0 Å². The summed E-state index contributed by atoms with van der Waals surface area (Å²) in [6, 6.07) is 76.4. The van der Waals surface area contributed by atoms with Gasteiger partial charge in [0.15, 0.2) is 17.5 Å². The third-order valence-electron chi connectivity index (χ3n) is 11.9. The molecule has 0 spiro atoms. The summed E-state index contributed by atoms with van der Waals surface area (Å²) in [4.78, 5) is 15.0. The standard InChI is InChI=1S/C57H36N4O/c1-4-14-37(15-5-1)38-24-26-40(27-25-38)56-58-55(39-16-6-2-7-17-39)59-57(60-56)43-30-33-50-49-32-29-42(35-53(49)62-54(50)36-43)46-21-11-10-20-45(46)41-28-31-48-47-22-12-13-23-51(47)61(52(48)34-41)44-18-8-3-9-19-44/h1-36H. The summed E-state index contributed by atoms with van der Waals surface area (Å²) in [5.74, 6) is 1.81. The van der Waals surface area contributed by atoms with Gasteiger partial charge in [-0.15, -0.1) is 0 Å². The molecule has 0 saturated carbocycles. The van der Waals surface area contributed by atoms with Crippen molar-refractivity contribution in [1.29, 1.82) is 0 Å². The second kappa shape index (κ2) is 14.7. The summed E-state index contributed by atoms with van der Waals surface area (Å²) in [6.45, 7) is 0. The van der Waals surface area contributed by atoms with Gasteiger partial charge in [-0.2, -0.15) is 0 Å². The molecule has 0 bridgehead atoms. The summed E-state index contributed by atoms with van der Waals surface area (Å²) in [6.07, 6.45) is 0. The first-order valence-electron chi connectivity index (χ1n) is 20.8. The van der Waals surface area contributed by atoms with E-state index in [1.165, 1.54) is 21.8 Å². The Bertz CT molecular complexity index is 3610. The first-order valence-corrected chi connectivity index (χ1v) is 20.8. The Balaban J connectivity index is 0.932. The average Bonchev–Trinajstić information content (AvgIpc) is 3.89. The van der Waals surface area contributed by atoms with Crippen molar-refractivity contribution in [2.45, 2.75) is 0 Å². The van der Waals surface area contributed by atoms with Gasteiger partial charge in [0.1, 0.15) is 11.2 Å². The Kier molecular flexibility index (Phi) is 8.42. The number of benzene rings is 9. The van der Waals surface area contributed by atoms with Crippen LogP contribution in [-0.2, 0) is 0 Å². The molecule has 0 aliphatic rings. The van der Waals surface area contributed by atoms with Crippen LogP contribution >= 0.6 is 0 Å². The van der Waals surface area contributed by atoms with Gasteiger partial charge in [0.25, 0.3) is 0 Å². The maximum absolute atomic E-state index is 6.69. The van der Waals surface area contributed by atoms with Crippen LogP contribution < -0.4 is 0 Å². The van der Waals surface area contributed by atoms with Crippen molar-refractivity contribution >= 4 is 43.7 Å². The van der Waals surface area contributed by atoms with E-state index in [9.17, 15) is 0 Å². The zero-order chi connectivity index (χ0) is 41.0. The quantitative estimate of drug-likeness (QED) is 0.161. The highest BCUT2D eigenvalue weighted by molar-refractivity contribution is 6.11. The second-order valence-electron chi connectivity index (χ2n) is 15.6. The highest BCUT2D eigenvalue weighted by Crippen LogP contribution is 2.40. The predicted octanol–water partition coefficient (Wildman–Crippen LogP) is 14.9. The van der Waals surface area contributed by atoms with E-state index in [4.69, 9.17) is 19.4 Å². The van der Waals surface area contributed by atoms with E-state index in [2.05, 4.69) is 187 Å².